The Labute approximate surface area is 124 Å². The van der Waals surface area contributed by atoms with Crippen molar-refractivity contribution in [3.8, 4) is 11.5 Å². The van der Waals surface area contributed by atoms with Gasteiger partial charge in [-0.3, -0.25) is 0 Å². The predicted molar refractivity (Wildman–Crippen MR) is 81.5 cm³/mol. The lowest BCUT2D eigenvalue weighted by Crippen LogP contribution is -2.22. The van der Waals surface area contributed by atoms with Crippen molar-refractivity contribution in [2.75, 3.05) is 20.8 Å². The van der Waals surface area contributed by atoms with Crippen LogP contribution in [-0.2, 0) is 0 Å². The second-order valence-electron chi connectivity index (χ2n) is 4.65. The number of hydrogen-bond acceptors (Lipinski definition) is 3. The van der Waals surface area contributed by atoms with E-state index in [0.717, 1.165) is 29.2 Å². The third kappa shape index (κ3) is 3.52. The van der Waals surface area contributed by atoms with E-state index < -0.39 is 0 Å². The minimum Gasteiger partial charge on any atom is -0.497 e. The van der Waals surface area contributed by atoms with E-state index in [2.05, 4.69) is 5.32 Å². The molecule has 1 N–H and O–H groups in total. The Hall–Kier alpha value is -2.07. The van der Waals surface area contributed by atoms with E-state index in [4.69, 9.17) is 9.47 Å². The first kappa shape index (κ1) is 15.3. The number of halogens is 1. The summed E-state index contributed by atoms with van der Waals surface area (Å²) in [5.74, 6) is 1.29. The molecule has 0 aromatic heterocycles. The second-order valence-corrected chi connectivity index (χ2v) is 4.65. The fourth-order valence-corrected chi connectivity index (χ4v) is 2.33. The summed E-state index contributed by atoms with van der Waals surface area (Å²) in [6, 6.07) is 12.1. The summed E-state index contributed by atoms with van der Waals surface area (Å²) < 4.78 is 23.9. The molecule has 0 aliphatic carbocycles. The molecule has 0 aliphatic rings. The molecule has 0 aliphatic heterocycles. The number of ether oxygens (including phenoxy) is 2. The number of methoxy groups -OCH3 is 2. The molecular weight excluding hydrogens is 269 g/mol. The lowest BCUT2D eigenvalue weighted by atomic mass is 9.97. The zero-order chi connectivity index (χ0) is 15.2. The van der Waals surface area contributed by atoms with Crippen LogP contribution >= 0.6 is 0 Å². The van der Waals surface area contributed by atoms with Crippen molar-refractivity contribution in [3.63, 3.8) is 0 Å². The average Bonchev–Trinajstić information content (AvgIpc) is 2.53. The molecule has 0 radical (unpaired) electrons. The normalized spacial score (nSPS) is 12.0. The highest BCUT2D eigenvalue weighted by Gasteiger charge is 2.18. The van der Waals surface area contributed by atoms with Crippen LogP contribution in [0.4, 0.5) is 4.39 Å². The van der Waals surface area contributed by atoms with Crippen LogP contribution < -0.4 is 14.8 Å². The molecule has 21 heavy (non-hydrogen) atoms. The Balaban J connectivity index is 2.48. The highest BCUT2D eigenvalue weighted by Crippen LogP contribution is 2.33. The van der Waals surface area contributed by atoms with Crippen LogP contribution in [0.5, 0.6) is 11.5 Å². The minimum atomic E-state index is -0.244. The number of hydrogen-bond donors (Lipinski definition) is 1. The monoisotopic (exact) mass is 289 g/mol. The molecule has 0 heterocycles. The largest absolute Gasteiger partial charge is 0.497 e. The van der Waals surface area contributed by atoms with Crippen LogP contribution in [0.15, 0.2) is 42.5 Å². The van der Waals surface area contributed by atoms with Gasteiger partial charge in [0.05, 0.1) is 20.3 Å². The van der Waals surface area contributed by atoms with Crippen molar-refractivity contribution in [2.24, 2.45) is 0 Å². The predicted octanol–water partition coefficient (Wildman–Crippen LogP) is 3.54. The summed E-state index contributed by atoms with van der Waals surface area (Å²) in [5, 5.41) is 3.40. The van der Waals surface area contributed by atoms with Gasteiger partial charge in [0, 0.05) is 5.56 Å². The molecule has 2 aromatic rings. The van der Waals surface area contributed by atoms with Gasteiger partial charge in [-0.2, -0.15) is 0 Å². The summed E-state index contributed by atoms with van der Waals surface area (Å²) in [6.45, 7) is 2.81. The highest BCUT2D eigenvalue weighted by molar-refractivity contribution is 5.46. The van der Waals surface area contributed by atoms with Gasteiger partial charge in [0.15, 0.2) is 0 Å². The molecule has 0 amide bonds. The van der Waals surface area contributed by atoms with Crippen LogP contribution in [0.1, 0.15) is 24.1 Å². The van der Waals surface area contributed by atoms with E-state index in [1.165, 1.54) is 12.1 Å². The van der Waals surface area contributed by atoms with Crippen molar-refractivity contribution in [2.45, 2.75) is 13.0 Å². The number of rotatable bonds is 6. The van der Waals surface area contributed by atoms with Gasteiger partial charge in [-0.1, -0.05) is 19.1 Å². The molecule has 0 saturated heterocycles. The van der Waals surface area contributed by atoms with Gasteiger partial charge in [0.1, 0.15) is 17.3 Å². The molecule has 2 rings (SSSR count). The van der Waals surface area contributed by atoms with Gasteiger partial charge in [-0.25, -0.2) is 4.39 Å². The molecule has 3 nitrogen and oxygen atoms in total. The van der Waals surface area contributed by atoms with E-state index >= 15 is 0 Å². The molecule has 1 atom stereocenters. The number of nitrogens with one attached hydrogen (secondary N) is 1. The average molecular weight is 289 g/mol. The molecular formula is C17H20FNO2. The van der Waals surface area contributed by atoms with Crippen molar-refractivity contribution in [1.82, 2.24) is 5.32 Å². The highest BCUT2D eigenvalue weighted by atomic mass is 19.1. The Morgan fingerprint density at radius 2 is 1.76 bits per heavy atom. The molecule has 0 spiro atoms. The minimum absolute atomic E-state index is 0.0827. The van der Waals surface area contributed by atoms with Crippen LogP contribution in [0.2, 0.25) is 0 Å². The van der Waals surface area contributed by atoms with Gasteiger partial charge in [0.25, 0.3) is 0 Å². The van der Waals surface area contributed by atoms with Crippen molar-refractivity contribution in [1.29, 1.82) is 0 Å². The molecule has 112 valence electrons. The van der Waals surface area contributed by atoms with Crippen molar-refractivity contribution < 1.29 is 13.9 Å². The Morgan fingerprint density at radius 1 is 1.05 bits per heavy atom. The summed E-state index contributed by atoms with van der Waals surface area (Å²) >= 11 is 0. The Bertz CT molecular complexity index is 584. The molecule has 1 unspecified atom stereocenters. The lowest BCUT2D eigenvalue weighted by molar-refractivity contribution is 0.394. The van der Waals surface area contributed by atoms with Crippen LogP contribution in [0, 0.1) is 5.82 Å². The Morgan fingerprint density at radius 3 is 2.33 bits per heavy atom. The van der Waals surface area contributed by atoms with Gasteiger partial charge in [0.2, 0.25) is 0 Å². The van der Waals surface area contributed by atoms with Crippen molar-refractivity contribution >= 4 is 0 Å². The first-order valence-electron chi connectivity index (χ1n) is 6.90. The Kier molecular flexibility index (Phi) is 5.17. The van der Waals surface area contributed by atoms with E-state index in [9.17, 15) is 4.39 Å². The van der Waals surface area contributed by atoms with Gasteiger partial charge in [-0.05, 0) is 42.4 Å². The second kappa shape index (κ2) is 7.09. The first-order valence-corrected chi connectivity index (χ1v) is 6.90. The van der Waals surface area contributed by atoms with Gasteiger partial charge < -0.3 is 14.8 Å². The SMILES string of the molecule is CCNC(c1ccc(F)cc1)c1cc(OC)ccc1OC. The molecule has 2 aromatic carbocycles. The summed E-state index contributed by atoms with van der Waals surface area (Å²) in [6.07, 6.45) is 0. The van der Waals surface area contributed by atoms with E-state index in [-0.39, 0.29) is 11.9 Å². The maximum atomic E-state index is 13.1. The van der Waals surface area contributed by atoms with Gasteiger partial charge in [-0.15, -0.1) is 0 Å². The van der Waals surface area contributed by atoms with E-state index in [0.29, 0.717) is 0 Å². The first-order chi connectivity index (χ1) is 10.2. The number of benzene rings is 2. The van der Waals surface area contributed by atoms with E-state index in [1.807, 2.05) is 25.1 Å². The summed E-state index contributed by atoms with van der Waals surface area (Å²) in [5.41, 5.74) is 1.94. The molecule has 0 saturated carbocycles. The molecule has 0 fully saturated rings. The van der Waals surface area contributed by atoms with Crippen LogP contribution in [-0.4, -0.2) is 20.8 Å². The quantitative estimate of drug-likeness (QED) is 0.882. The van der Waals surface area contributed by atoms with Crippen LogP contribution in [0.3, 0.4) is 0 Å². The molecule has 0 bridgehead atoms. The zero-order valence-corrected chi connectivity index (χ0v) is 12.5. The van der Waals surface area contributed by atoms with Crippen LogP contribution in [0.25, 0.3) is 0 Å². The standard InChI is InChI=1S/C17H20FNO2/c1-4-19-17(12-5-7-13(18)8-6-12)15-11-14(20-2)9-10-16(15)21-3/h5-11,17,19H,4H2,1-3H3. The summed E-state index contributed by atoms with van der Waals surface area (Å²) in [7, 11) is 3.27. The maximum Gasteiger partial charge on any atom is 0.124 e. The zero-order valence-electron chi connectivity index (χ0n) is 12.5. The fraction of sp³-hybridized carbons (Fsp3) is 0.294. The summed E-state index contributed by atoms with van der Waals surface area (Å²) in [4.78, 5) is 0. The lowest BCUT2D eigenvalue weighted by Gasteiger charge is -2.22. The van der Waals surface area contributed by atoms with Gasteiger partial charge >= 0.3 is 0 Å². The maximum absolute atomic E-state index is 13.1. The third-order valence-corrected chi connectivity index (χ3v) is 3.36. The third-order valence-electron chi connectivity index (χ3n) is 3.36. The molecule has 4 heteroatoms. The van der Waals surface area contributed by atoms with E-state index in [1.54, 1.807) is 26.4 Å². The van der Waals surface area contributed by atoms with Crippen molar-refractivity contribution in [3.05, 3.63) is 59.4 Å². The fourth-order valence-electron chi connectivity index (χ4n) is 2.33. The smallest absolute Gasteiger partial charge is 0.124 e. The topological polar surface area (TPSA) is 30.5 Å².